The smallest absolute Gasteiger partial charge is 0.258 e. The number of carbonyl (C=O) groups is 2. The van der Waals surface area contributed by atoms with E-state index in [0.717, 1.165) is 11.1 Å². The third kappa shape index (κ3) is 5.20. The first-order valence-corrected chi connectivity index (χ1v) is 9.72. The first kappa shape index (κ1) is 21.0. The Balaban J connectivity index is 1.88. The molecule has 1 heterocycles. The van der Waals surface area contributed by atoms with Crippen molar-refractivity contribution in [2.45, 2.75) is 20.8 Å². The average Bonchev–Trinajstić information content (AvgIpc) is 2.73. The highest BCUT2D eigenvalue weighted by atomic mass is 16.2. The lowest BCUT2D eigenvalue weighted by molar-refractivity contribution is 0.101. The number of aryl methyl sites for hydroxylation is 2. The van der Waals surface area contributed by atoms with Gasteiger partial charge in [-0.05, 0) is 45.0 Å². The van der Waals surface area contributed by atoms with Crippen LogP contribution in [0.3, 0.4) is 0 Å². The van der Waals surface area contributed by atoms with Crippen LogP contribution < -0.4 is 15.5 Å². The van der Waals surface area contributed by atoms with Gasteiger partial charge in [0.15, 0.2) is 0 Å². The van der Waals surface area contributed by atoms with E-state index in [1.807, 2.05) is 57.0 Å². The van der Waals surface area contributed by atoms with Gasteiger partial charge in [-0.2, -0.15) is 9.97 Å². The summed E-state index contributed by atoms with van der Waals surface area (Å²) in [6, 6.07) is 16.2. The second kappa shape index (κ2) is 9.17. The molecule has 7 nitrogen and oxygen atoms in total. The van der Waals surface area contributed by atoms with Crippen molar-refractivity contribution in [2.75, 3.05) is 29.1 Å². The maximum Gasteiger partial charge on any atom is 0.258 e. The Morgan fingerprint density at radius 2 is 1.43 bits per heavy atom. The molecule has 2 aromatic carbocycles. The summed E-state index contributed by atoms with van der Waals surface area (Å²) in [5.41, 5.74) is 3.01. The number of anilines is 3. The minimum absolute atomic E-state index is 0.124. The normalized spacial score (nSPS) is 10.4. The Hall–Kier alpha value is -3.74. The van der Waals surface area contributed by atoms with Gasteiger partial charge >= 0.3 is 0 Å². The van der Waals surface area contributed by atoms with Crippen LogP contribution in [0.15, 0.2) is 54.6 Å². The van der Waals surface area contributed by atoms with Crippen LogP contribution >= 0.6 is 0 Å². The van der Waals surface area contributed by atoms with Crippen LogP contribution in [-0.4, -0.2) is 35.4 Å². The number of carbonyl (C=O) groups excluding carboxylic acids is 2. The summed E-state index contributed by atoms with van der Waals surface area (Å²) in [6.45, 7) is 6.53. The van der Waals surface area contributed by atoms with Crippen LogP contribution in [0.1, 0.15) is 38.8 Å². The highest BCUT2D eigenvalue weighted by molar-refractivity contribution is 6.05. The van der Waals surface area contributed by atoms with Crippen molar-refractivity contribution in [2.24, 2.45) is 0 Å². The molecular weight excluding hydrogens is 378 g/mol. The van der Waals surface area contributed by atoms with Crippen molar-refractivity contribution in [3.05, 3.63) is 76.9 Å². The molecule has 0 saturated carbocycles. The first-order valence-electron chi connectivity index (χ1n) is 9.72. The lowest BCUT2D eigenvalue weighted by Crippen LogP contribution is -2.21. The summed E-state index contributed by atoms with van der Waals surface area (Å²) in [4.78, 5) is 35.9. The van der Waals surface area contributed by atoms with Gasteiger partial charge in [0, 0.05) is 30.8 Å². The summed E-state index contributed by atoms with van der Waals surface area (Å²) in [5, 5.41) is 5.53. The van der Waals surface area contributed by atoms with Crippen molar-refractivity contribution >= 4 is 29.4 Å². The molecule has 0 saturated heterocycles. The fraction of sp³-hybridized carbons (Fsp3) is 0.217. The Bertz CT molecular complexity index is 1000. The van der Waals surface area contributed by atoms with Crippen LogP contribution in [0, 0.1) is 13.8 Å². The van der Waals surface area contributed by atoms with Crippen LogP contribution in [0.4, 0.5) is 17.6 Å². The van der Waals surface area contributed by atoms with E-state index >= 15 is 0 Å². The summed E-state index contributed by atoms with van der Waals surface area (Å²) in [7, 11) is 1.88. The van der Waals surface area contributed by atoms with Gasteiger partial charge in [0.1, 0.15) is 11.6 Å². The monoisotopic (exact) mass is 403 g/mol. The molecule has 2 N–H and O–H groups in total. The number of rotatable bonds is 6. The van der Waals surface area contributed by atoms with Gasteiger partial charge in [-0.1, -0.05) is 35.4 Å². The Labute approximate surface area is 176 Å². The van der Waals surface area contributed by atoms with Crippen LogP contribution in [0.2, 0.25) is 0 Å². The molecule has 3 rings (SSSR count). The maximum absolute atomic E-state index is 12.6. The van der Waals surface area contributed by atoms with E-state index in [1.165, 1.54) is 0 Å². The average molecular weight is 403 g/mol. The van der Waals surface area contributed by atoms with Crippen molar-refractivity contribution in [3.8, 4) is 0 Å². The molecule has 0 radical (unpaired) electrons. The maximum atomic E-state index is 12.6. The highest BCUT2D eigenvalue weighted by Gasteiger charge is 2.14. The van der Waals surface area contributed by atoms with Gasteiger partial charge in [0.25, 0.3) is 11.8 Å². The summed E-state index contributed by atoms with van der Waals surface area (Å²) in [6.07, 6.45) is 0. The minimum atomic E-state index is -0.314. The van der Waals surface area contributed by atoms with Gasteiger partial charge < -0.3 is 10.2 Å². The van der Waals surface area contributed by atoms with E-state index < -0.39 is 0 Å². The molecule has 0 bridgehead atoms. The molecule has 0 aliphatic carbocycles. The predicted molar refractivity (Wildman–Crippen MR) is 119 cm³/mol. The van der Waals surface area contributed by atoms with Gasteiger partial charge in [0.05, 0.1) is 0 Å². The van der Waals surface area contributed by atoms with Crippen LogP contribution in [0.5, 0.6) is 0 Å². The van der Waals surface area contributed by atoms with E-state index in [2.05, 4.69) is 20.6 Å². The molecule has 0 spiro atoms. The lowest BCUT2D eigenvalue weighted by atomic mass is 10.1. The summed E-state index contributed by atoms with van der Waals surface area (Å²) >= 11 is 0. The lowest BCUT2D eigenvalue weighted by Gasteiger charge is -2.18. The summed E-state index contributed by atoms with van der Waals surface area (Å²) in [5.74, 6) is 0.432. The number of aromatic nitrogens is 2. The second-order valence-electron chi connectivity index (χ2n) is 7.10. The number of nitrogens with one attached hydrogen (secondary N) is 2. The van der Waals surface area contributed by atoms with E-state index in [1.54, 1.807) is 30.3 Å². The van der Waals surface area contributed by atoms with Gasteiger partial charge in [-0.15, -0.1) is 0 Å². The molecule has 154 valence electrons. The van der Waals surface area contributed by atoms with Crippen molar-refractivity contribution in [1.29, 1.82) is 0 Å². The first-order chi connectivity index (χ1) is 14.4. The molecule has 0 atom stereocenters. The van der Waals surface area contributed by atoms with E-state index in [0.29, 0.717) is 29.3 Å². The Morgan fingerprint density at radius 3 is 1.97 bits per heavy atom. The fourth-order valence-electron chi connectivity index (χ4n) is 2.85. The van der Waals surface area contributed by atoms with Crippen molar-refractivity contribution < 1.29 is 9.59 Å². The topological polar surface area (TPSA) is 87.2 Å². The van der Waals surface area contributed by atoms with E-state index in [9.17, 15) is 9.59 Å². The molecule has 2 amide bonds. The highest BCUT2D eigenvalue weighted by Crippen LogP contribution is 2.19. The van der Waals surface area contributed by atoms with Crippen LogP contribution in [0.25, 0.3) is 0 Å². The third-order valence-corrected chi connectivity index (χ3v) is 4.61. The van der Waals surface area contributed by atoms with Gasteiger partial charge in [-0.3, -0.25) is 14.9 Å². The largest absolute Gasteiger partial charge is 0.360 e. The standard InChI is InChI=1S/C23H25N5O2/c1-5-28(4)20-14-19(24-21(29)17-10-6-8-15(2)12-17)25-23(26-20)27-22(30)18-11-7-9-16(3)13-18/h6-14H,5H2,1-4H3,(H2,24,25,26,27,29,30). The molecule has 1 aromatic heterocycles. The molecule has 7 heteroatoms. The number of nitrogens with zero attached hydrogens (tertiary/aromatic N) is 3. The molecule has 0 aliphatic rings. The van der Waals surface area contributed by atoms with E-state index in [-0.39, 0.29) is 17.8 Å². The van der Waals surface area contributed by atoms with E-state index in [4.69, 9.17) is 0 Å². The van der Waals surface area contributed by atoms with Crippen LogP contribution in [-0.2, 0) is 0 Å². The SMILES string of the molecule is CCN(C)c1cc(NC(=O)c2cccc(C)c2)nc(NC(=O)c2cccc(C)c2)n1. The number of hydrogen-bond donors (Lipinski definition) is 2. The molecule has 0 unspecified atom stereocenters. The second-order valence-corrected chi connectivity index (χ2v) is 7.10. The van der Waals surface area contributed by atoms with Crippen molar-refractivity contribution in [1.82, 2.24) is 9.97 Å². The molecule has 30 heavy (non-hydrogen) atoms. The third-order valence-electron chi connectivity index (χ3n) is 4.61. The quantitative estimate of drug-likeness (QED) is 0.648. The molecule has 0 aliphatic heterocycles. The molecule has 3 aromatic rings. The van der Waals surface area contributed by atoms with Crippen molar-refractivity contribution in [3.63, 3.8) is 0 Å². The number of hydrogen-bond acceptors (Lipinski definition) is 5. The predicted octanol–water partition coefficient (Wildman–Crippen LogP) is 4.05. The number of amides is 2. The Morgan fingerprint density at radius 1 is 0.867 bits per heavy atom. The fourth-order valence-corrected chi connectivity index (χ4v) is 2.85. The van der Waals surface area contributed by atoms with Gasteiger partial charge in [-0.25, -0.2) is 0 Å². The number of benzene rings is 2. The minimum Gasteiger partial charge on any atom is -0.360 e. The zero-order chi connectivity index (χ0) is 21.7. The zero-order valence-corrected chi connectivity index (χ0v) is 17.6. The molecular formula is C23H25N5O2. The summed E-state index contributed by atoms with van der Waals surface area (Å²) < 4.78 is 0. The molecule has 0 fully saturated rings. The zero-order valence-electron chi connectivity index (χ0n) is 17.6. The van der Waals surface area contributed by atoms with Gasteiger partial charge in [0.2, 0.25) is 5.95 Å². The Kier molecular flexibility index (Phi) is 6.41.